The molecule has 0 saturated heterocycles. The van der Waals surface area contributed by atoms with Crippen molar-refractivity contribution in [2.45, 2.75) is 44.2 Å². The van der Waals surface area contributed by atoms with Crippen molar-refractivity contribution in [1.82, 2.24) is 5.32 Å². The number of nitrogens with one attached hydrogen (secondary N) is 1. The van der Waals surface area contributed by atoms with Gasteiger partial charge in [0.05, 0.1) is 0 Å². The Kier molecular flexibility index (Phi) is 3.59. The van der Waals surface area contributed by atoms with Gasteiger partial charge in [-0.3, -0.25) is 4.99 Å². The van der Waals surface area contributed by atoms with E-state index in [1.54, 1.807) is 0 Å². The molecule has 1 fully saturated rings. The van der Waals surface area contributed by atoms with Gasteiger partial charge >= 0.3 is 0 Å². The van der Waals surface area contributed by atoms with Crippen molar-refractivity contribution in [2.24, 2.45) is 4.99 Å². The summed E-state index contributed by atoms with van der Waals surface area (Å²) in [5.41, 5.74) is 1.85. The molecular formula is C15H17ClN2S. The standard InChI is InChI=1S/C15H17ClN2S/c16-12-7-5-11(6-8-12)13-14(19)18-15(17-13)9-3-1-2-4-10-15/h5-8H,1-4,9-10H2,(H,18,19). The first-order chi connectivity index (χ1) is 9.19. The fourth-order valence-electron chi connectivity index (χ4n) is 2.92. The summed E-state index contributed by atoms with van der Waals surface area (Å²) in [6, 6.07) is 7.76. The van der Waals surface area contributed by atoms with Crippen molar-refractivity contribution in [2.75, 3.05) is 0 Å². The van der Waals surface area contributed by atoms with E-state index in [4.69, 9.17) is 28.8 Å². The van der Waals surface area contributed by atoms with Gasteiger partial charge in [0.1, 0.15) is 16.4 Å². The van der Waals surface area contributed by atoms with Crippen molar-refractivity contribution in [3.05, 3.63) is 34.9 Å². The van der Waals surface area contributed by atoms with E-state index in [1.807, 2.05) is 24.3 Å². The predicted molar refractivity (Wildman–Crippen MR) is 84.2 cm³/mol. The molecule has 0 unspecified atom stereocenters. The predicted octanol–water partition coefficient (Wildman–Crippen LogP) is 4.11. The van der Waals surface area contributed by atoms with Crippen LogP contribution >= 0.6 is 23.8 Å². The first-order valence-corrected chi connectivity index (χ1v) is 7.66. The lowest BCUT2D eigenvalue weighted by Gasteiger charge is -2.24. The van der Waals surface area contributed by atoms with Crippen LogP contribution in [0.1, 0.15) is 44.1 Å². The normalized spacial score (nSPS) is 21.9. The highest BCUT2D eigenvalue weighted by atomic mass is 35.5. The minimum Gasteiger partial charge on any atom is -0.351 e. The highest BCUT2D eigenvalue weighted by Gasteiger charge is 2.37. The summed E-state index contributed by atoms with van der Waals surface area (Å²) >= 11 is 11.4. The molecule has 19 heavy (non-hydrogen) atoms. The van der Waals surface area contributed by atoms with E-state index in [-0.39, 0.29) is 5.66 Å². The van der Waals surface area contributed by atoms with Gasteiger partial charge in [0.2, 0.25) is 0 Å². The summed E-state index contributed by atoms with van der Waals surface area (Å²) in [6.07, 6.45) is 7.25. The number of halogens is 1. The van der Waals surface area contributed by atoms with Crippen LogP contribution in [0.3, 0.4) is 0 Å². The Hall–Kier alpha value is -0.930. The highest BCUT2D eigenvalue weighted by molar-refractivity contribution is 7.82. The fourth-order valence-corrected chi connectivity index (χ4v) is 3.40. The Labute approximate surface area is 124 Å². The number of thiocarbonyl (C=S) groups is 1. The summed E-state index contributed by atoms with van der Waals surface area (Å²) in [7, 11) is 0. The molecule has 2 nitrogen and oxygen atoms in total. The minimum absolute atomic E-state index is 0.136. The average molecular weight is 293 g/mol. The third-order valence-electron chi connectivity index (χ3n) is 3.94. The topological polar surface area (TPSA) is 24.4 Å². The summed E-state index contributed by atoms with van der Waals surface area (Å²) in [5.74, 6) is 0. The quantitative estimate of drug-likeness (QED) is 0.788. The second-order valence-corrected chi connectivity index (χ2v) is 6.21. The summed E-state index contributed by atoms with van der Waals surface area (Å²) in [4.78, 5) is 5.72. The number of aliphatic imine (C=N–C) groups is 1. The molecule has 3 rings (SSSR count). The van der Waals surface area contributed by atoms with Crippen LogP contribution in [0.25, 0.3) is 0 Å². The number of nitrogens with zero attached hydrogens (tertiary/aromatic N) is 1. The first kappa shape index (κ1) is 13.1. The Balaban J connectivity index is 1.92. The fraction of sp³-hybridized carbons (Fsp3) is 0.467. The van der Waals surface area contributed by atoms with Gasteiger partial charge in [-0.25, -0.2) is 0 Å². The number of benzene rings is 1. The molecule has 1 aliphatic carbocycles. The van der Waals surface area contributed by atoms with Crippen molar-refractivity contribution < 1.29 is 0 Å². The maximum atomic E-state index is 5.93. The van der Waals surface area contributed by atoms with E-state index in [0.29, 0.717) is 0 Å². The Morgan fingerprint density at radius 1 is 1.05 bits per heavy atom. The molecule has 0 bridgehead atoms. The van der Waals surface area contributed by atoms with Gasteiger partial charge in [0, 0.05) is 10.6 Å². The van der Waals surface area contributed by atoms with E-state index in [9.17, 15) is 0 Å². The van der Waals surface area contributed by atoms with E-state index >= 15 is 0 Å². The summed E-state index contributed by atoms with van der Waals surface area (Å²) in [6.45, 7) is 0. The zero-order chi connectivity index (χ0) is 13.3. The molecule has 0 aromatic heterocycles. The molecule has 1 N–H and O–H groups in total. The molecule has 100 valence electrons. The molecule has 1 heterocycles. The number of hydrogen-bond donors (Lipinski definition) is 1. The van der Waals surface area contributed by atoms with Gasteiger partial charge in [-0.2, -0.15) is 0 Å². The van der Waals surface area contributed by atoms with Crippen LogP contribution in [-0.2, 0) is 0 Å². The zero-order valence-corrected chi connectivity index (χ0v) is 12.4. The smallest absolute Gasteiger partial charge is 0.131 e. The lowest BCUT2D eigenvalue weighted by atomic mass is 10.0. The van der Waals surface area contributed by atoms with Crippen LogP contribution in [-0.4, -0.2) is 16.4 Å². The van der Waals surface area contributed by atoms with Gasteiger partial charge in [-0.15, -0.1) is 0 Å². The van der Waals surface area contributed by atoms with Crippen LogP contribution in [0.4, 0.5) is 0 Å². The van der Waals surface area contributed by atoms with E-state index in [1.165, 1.54) is 25.7 Å². The zero-order valence-electron chi connectivity index (χ0n) is 10.8. The lowest BCUT2D eigenvalue weighted by molar-refractivity contribution is 0.360. The maximum Gasteiger partial charge on any atom is 0.131 e. The molecule has 0 radical (unpaired) electrons. The molecular weight excluding hydrogens is 276 g/mol. The first-order valence-electron chi connectivity index (χ1n) is 6.87. The molecule has 0 amide bonds. The molecule has 1 aromatic rings. The average Bonchev–Trinajstić information content (AvgIpc) is 2.58. The molecule has 1 saturated carbocycles. The van der Waals surface area contributed by atoms with E-state index in [0.717, 1.165) is 34.1 Å². The van der Waals surface area contributed by atoms with Crippen LogP contribution in [0, 0.1) is 0 Å². The van der Waals surface area contributed by atoms with Crippen LogP contribution in [0.15, 0.2) is 29.3 Å². The minimum atomic E-state index is -0.136. The van der Waals surface area contributed by atoms with Gasteiger partial charge in [0.25, 0.3) is 0 Å². The molecule has 1 spiro atoms. The van der Waals surface area contributed by atoms with Crippen molar-refractivity contribution in [3.63, 3.8) is 0 Å². The second-order valence-electron chi connectivity index (χ2n) is 5.37. The third-order valence-corrected chi connectivity index (χ3v) is 4.48. The van der Waals surface area contributed by atoms with E-state index < -0.39 is 0 Å². The maximum absolute atomic E-state index is 5.93. The molecule has 1 aromatic carbocycles. The van der Waals surface area contributed by atoms with Crippen LogP contribution in [0.5, 0.6) is 0 Å². The molecule has 2 aliphatic rings. The van der Waals surface area contributed by atoms with E-state index in [2.05, 4.69) is 5.32 Å². The number of rotatable bonds is 1. The van der Waals surface area contributed by atoms with Gasteiger partial charge in [0.15, 0.2) is 0 Å². The molecule has 1 aliphatic heterocycles. The molecule has 4 heteroatoms. The molecule has 0 atom stereocenters. The number of hydrogen-bond acceptors (Lipinski definition) is 2. The third kappa shape index (κ3) is 2.67. The SMILES string of the molecule is S=C1NC2(CCCCCC2)N=C1c1ccc(Cl)cc1. The Bertz CT molecular complexity index is 513. The van der Waals surface area contributed by atoms with Crippen molar-refractivity contribution in [3.8, 4) is 0 Å². The summed E-state index contributed by atoms with van der Waals surface area (Å²) < 4.78 is 0. The Morgan fingerprint density at radius 3 is 2.32 bits per heavy atom. The van der Waals surface area contributed by atoms with Crippen LogP contribution in [0.2, 0.25) is 5.02 Å². The van der Waals surface area contributed by atoms with Gasteiger partial charge < -0.3 is 5.32 Å². The van der Waals surface area contributed by atoms with Crippen LogP contribution < -0.4 is 5.32 Å². The largest absolute Gasteiger partial charge is 0.351 e. The van der Waals surface area contributed by atoms with Crippen molar-refractivity contribution in [1.29, 1.82) is 0 Å². The lowest BCUT2D eigenvalue weighted by Crippen LogP contribution is -2.41. The Morgan fingerprint density at radius 2 is 1.68 bits per heavy atom. The highest BCUT2D eigenvalue weighted by Crippen LogP contribution is 2.32. The van der Waals surface area contributed by atoms with Crippen molar-refractivity contribution >= 4 is 34.5 Å². The monoisotopic (exact) mass is 292 g/mol. The van der Waals surface area contributed by atoms with Gasteiger partial charge in [-0.1, -0.05) is 48.8 Å². The summed E-state index contributed by atoms with van der Waals surface area (Å²) in [5, 5.41) is 4.21. The second kappa shape index (κ2) is 5.22. The van der Waals surface area contributed by atoms with Gasteiger partial charge in [-0.05, 0) is 37.8 Å².